The van der Waals surface area contributed by atoms with Crippen molar-refractivity contribution in [1.29, 1.82) is 0 Å². The number of hydrogen-bond acceptors (Lipinski definition) is 4. The third-order valence-corrected chi connectivity index (χ3v) is 5.86. The lowest BCUT2D eigenvalue weighted by Gasteiger charge is -2.22. The minimum atomic E-state index is 0.261. The van der Waals surface area contributed by atoms with E-state index < -0.39 is 0 Å². The number of nitrogens with zero attached hydrogens (tertiary/aromatic N) is 3. The molecule has 1 atom stereocenters. The maximum atomic E-state index is 12.8. The van der Waals surface area contributed by atoms with Crippen LogP contribution in [0.2, 0.25) is 0 Å². The molecule has 0 N–H and O–H groups in total. The van der Waals surface area contributed by atoms with Gasteiger partial charge in [0.15, 0.2) is 0 Å². The summed E-state index contributed by atoms with van der Waals surface area (Å²) in [5, 5.41) is 0. The molecule has 1 amide bonds. The van der Waals surface area contributed by atoms with Gasteiger partial charge in [0.25, 0.3) is 0 Å². The molecule has 1 aromatic heterocycles. The van der Waals surface area contributed by atoms with Crippen LogP contribution >= 0.6 is 0 Å². The Morgan fingerprint density at radius 2 is 2.07 bits per heavy atom. The number of hydrogen-bond donors (Lipinski definition) is 0. The quantitative estimate of drug-likeness (QED) is 0.781. The van der Waals surface area contributed by atoms with Crippen molar-refractivity contribution in [3.63, 3.8) is 0 Å². The molecule has 29 heavy (non-hydrogen) atoms. The standard InChI is InChI=1S/C24H31N3O2/c1-18-5-3-6-22(25-18)17-26-11-4-12-27(14-13-26)24(28)10-8-20-7-9-23-21(16-20)15-19(2)29-23/h3,5-7,9,16,19H,4,8,10-15,17H2,1-2H3/t19-/m0/s1. The summed E-state index contributed by atoms with van der Waals surface area (Å²) in [5.74, 6) is 1.27. The summed E-state index contributed by atoms with van der Waals surface area (Å²) in [6, 6.07) is 12.6. The summed E-state index contributed by atoms with van der Waals surface area (Å²) in [4.78, 5) is 21.9. The topological polar surface area (TPSA) is 45.7 Å². The Morgan fingerprint density at radius 3 is 2.93 bits per heavy atom. The number of pyridine rings is 1. The first kappa shape index (κ1) is 19.9. The Bertz CT molecular complexity index is 867. The van der Waals surface area contributed by atoms with E-state index in [1.54, 1.807) is 0 Å². The first-order chi connectivity index (χ1) is 14.1. The van der Waals surface area contributed by atoms with E-state index in [1.807, 2.05) is 17.9 Å². The summed E-state index contributed by atoms with van der Waals surface area (Å²) in [6.45, 7) is 8.57. The zero-order valence-electron chi connectivity index (χ0n) is 17.6. The molecule has 0 saturated carbocycles. The fourth-order valence-corrected chi connectivity index (χ4v) is 4.34. The highest BCUT2D eigenvalue weighted by atomic mass is 16.5. The van der Waals surface area contributed by atoms with Crippen molar-refractivity contribution < 1.29 is 9.53 Å². The Morgan fingerprint density at radius 1 is 1.17 bits per heavy atom. The van der Waals surface area contributed by atoms with Crippen molar-refractivity contribution in [3.05, 3.63) is 58.9 Å². The monoisotopic (exact) mass is 393 g/mol. The van der Waals surface area contributed by atoms with Crippen LogP contribution in [0.25, 0.3) is 0 Å². The number of carbonyl (C=O) groups excluding carboxylic acids is 1. The van der Waals surface area contributed by atoms with Crippen LogP contribution in [-0.4, -0.2) is 53.0 Å². The second kappa shape index (κ2) is 8.95. The van der Waals surface area contributed by atoms with E-state index in [9.17, 15) is 4.79 Å². The Labute approximate surface area is 173 Å². The number of carbonyl (C=O) groups is 1. The van der Waals surface area contributed by atoms with E-state index in [2.05, 4.69) is 47.1 Å². The molecule has 1 aromatic carbocycles. The highest BCUT2D eigenvalue weighted by molar-refractivity contribution is 5.76. The van der Waals surface area contributed by atoms with Gasteiger partial charge in [0.2, 0.25) is 5.91 Å². The van der Waals surface area contributed by atoms with Gasteiger partial charge < -0.3 is 9.64 Å². The van der Waals surface area contributed by atoms with Gasteiger partial charge in [-0.3, -0.25) is 14.7 Å². The van der Waals surface area contributed by atoms with Crippen LogP contribution in [0, 0.1) is 6.92 Å². The largest absolute Gasteiger partial charge is 0.490 e. The van der Waals surface area contributed by atoms with Crippen LogP contribution in [0.4, 0.5) is 0 Å². The van der Waals surface area contributed by atoms with Crippen LogP contribution in [0.1, 0.15) is 42.3 Å². The van der Waals surface area contributed by atoms with Crippen molar-refractivity contribution in [2.24, 2.45) is 0 Å². The first-order valence-corrected chi connectivity index (χ1v) is 10.8. The van der Waals surface area contributed by atoms with Gasteiger partial charge in [-0.2, -0.15) is 0 Å². The number of fused-ring (bicyclic) bond motifs is 1. The maximum Gasteiger partial charge on any atom is 0.222 e. The lowest BCUT2D eigenvalue weighted by Crippen LogP contribution is -2.35. The molecule has 5 nitrogen and oxygen atoms in total. The smallest absolute Gasteiger partial charge is 0.222 e. The zero-order chi connectivity index (χ0) is 20.2. The lowest BCUT2D eigenvalue weighted by atomic mass is 10.0. The predicted molar refractivity (Wildman–Crippen MR) is 114 cm³/mol. The second-order valence-corrected chi connectivity index (χ2v) is 8.36. The molecule has 3 heterocycles. The SMILES string of the molecule is Cc1cccc(CN2CCCN(C(=O)CCc3ccc4c(c3)C[C@H](C)O4)CC2)n1. The van der Waals surface area contributed by atoms with E-state index in [4.69, 9.17) is 4.74 Å². The van der Waals surface area contributed by atoms with Crippen LogP contribution in [0.5, 0.6) is 5.75 Å². The second-order valence-electron chi connectivity index (χ2n) is 8.36. The number of aromatic nitrogens is 1. The Kier molecular flexibility index (Phi) is 6.14. The molecule has 5 heteroatoms. The number of ether oxygens (including phenoxy) is 1. The number of benzene rings is 1. The summed E-state index contributed by atoms with van der Waals surface area (Å²) in [7, 11) is 0. The molecule has 1 fully saturated rings. The molecule has 0 bridgehead atoms. The molecule has 4 rings (SSSR count). The molecule has 154 valence electrons. The highest BCUT2D eigenvalue weighted by Gasteiger charge is 2.21. The summed E-state index contributed by atoms with van der Waals surface area (Å²) in [6.07, 6.45) is 3.63. The molecule has 2 aliphatic rings. The van der Waals surface area contributed by atoms with Gasteiger partial charge >= 0.3 is 0 Å². The van der Waals surface area contributed by atoms with Gasteiger partial charge in [-0.05, 0) is 56.0 Å². The van der Waals surface area contributed by atoms with Crippen molar-refractivity contribution >= 4 is 5.91 Å². The summed E-state index contributed by atoms with van der Waals surface area (Å²) < 4.78 is 5.77. The number of amides is 1. The molecule has 0 radical (unpaired) electrons. The van der Waals surface area contributed by atoms with Crippen molar-refractivity contribution in [2.75, 3.05) is 26.2 Å². The van der Waals surface area contributed by atoms with E-state index in [-0.39, 0.29) is 12.0 Å². The summed E-state index contributed by atoms with van der Waals surface area (Å²) in [5.41, 5.74) is 4.68. The normalized spacial score (nSPS) is 19.5. The van der Waals surface area contributed by atoms with Gasteiger partial charge in [0, 0.05) is 51.3 Å². The van der Waals surface area contributed by atoms with Crippen molar-refractivity contribution in [3.8, 4) is 5.75 Å². The number of rotatable bonds is 5. The third kappa shape index (κ3) is 5.15. The molecule has 1 saturated heterocycles. The van der Waals surface area contributed by atoms with Gasteiger partial charge in [0.05, 0.1) is 5.69 Å². The first-order valence-electron chi connectivity index (χ1n) is 10.8. The van der Waals surface area contributed by atoms with Crippen molar-refractivity contribution in [2.45, 2.75) is 52.2 Å². The molecule has 0 aliphatic carbocycles. The van der Waals surface area contributed by atoms with E-state index >= 15 is 0 Å². The Hall–Kier alpha value is -2.40. The molecular weight excluding hydrogens is 362 g/mol. The van der Waals surface area contributed by atoms with E-state index in [1.165, 1.54) is 11.1 Å². The number of aryl methyl sites for hydroxylation is 2. The average molecular weight is 394 g/mol. The van der Waals surface area contributed by atoms with Crippen LogP contribution in [0.3, 0.4) is 0 Å². The van der Waals surface area contributed by atoms with Crippen molar-refractivity contribution in [1.82, 2.24) is 14.8 Å². The molecular formula is C24H31N3O2. The van der Waals surface area contributed by atoms with Gasteiger partial charge in [0.1, 0.15) is 11.9 Å². The molecule has 0 unspecified atom stereocenters. The fourth-order valence-electron chi connectivity index (χ4n) is 4.34. The molecule has 2 aliphatic heterocycles. The highest BCUT2D eigenvalue weighted by Crippen LogP contribution is 2.29. The predicted octanol–water partition coefficient (Wildman–Crippen LogP) is 3.38. The summed E-state index contributed by atoms with van der Waals surface area (Å²) >= 11 is 0. The molecule has 0 spiro atoms. The molecule has 2 aromatic rings. The van der Waals surface area contributed by atoms with E-state index in [0.717, 1.165) is 69.1 Å². The average Bonchev–Trinajstić information content (AvgIpc) is 2.91. The maximum absolute atomic E-state index is 12.8. The Balaban J connectivity index is 1.27. The van der Waals surface area contributed by atoms with Gasteiger partial charge in [-0.15, -0.1) is 0 Å². The third-order valence-electron chi connectivity index (χ3n) is 5.86. The zero-order valence-corrected chi connectivity index (χ0v) is 17.6. The van der Waals surface area contributed by atoms with E-state index in [0.29, 0.717) is 6.42 Å². The van der Waals surface area contributed by atoms with Gasteiger partial charge in [-0.25, -0.2) is 0 Å². The van der Waals surface area contributed by atoms with Gasteiger partial charge in [-0.1, -0.05) is 18.2 Å². The fraction of sp³-hybridized carbons (Fsp3) is 0.500. The minimum absolute atomic E-state index is 0.261. The van der Waals surface area contributed by atoms with Crippen LogP contribution < -0.4 is 4.74 Å². The van der Waals surface area contributed by atoms with Crippen LogP contribution in [0.15, 0.2) is 36.4 Å². The lowest BCUT2D eigenvalue weighted by molar-refractivity contribution is -0.131. The van der Waals surface area contributed by atoms with Crippen LogP contribution in [-0.2, 0) is 24.2 Å². The minimum Gasteiger partial charge on any atom is -0.490 e.